The maximum Gasteiger partial charge on any atom is 0.310 e. The lowest BCUT2D eigenvalue weighted by molar-refractivity contribution is -0.145. The molecule has 2 aromatic rings. The first-order chi connectivity index (χ1) is 12.4. The van der Waals surface area contributed by atoms with Gasteiger partial charge in [-0.15, -0.1) is 0 Å². The van der Waals surface area contributed by atoms with E-state index in [9.17, 15) is 14.0 Å². The molecule has 0 saturated heterocycles. The Labute approximate surface area is 157 Å². The molecule has 0 bridgehead atoms. The highest BCUT2D eigenvalue weighted by atomic mass is 35.5. The van der Waals surface area contributed by atoms with Crippen molar-refractivity contribution >= 4 is 23.5 Å². The first kappa shape index (κ1) is 19.9. The van der Waals surface area contributed by atoms with Gasteiger partial charge in [0.05, 0.1) is 29.7 Å². The van der Waals surface area contributed by atoms with E-state index in [1.54, 1.807) is 6.92 Å². The Bertz CT molecular complexity index is 762. The van der Waals surface area contributed by atoms with E-state index in [4.69, 9.17) is 16.3 Å². The standard InChI is InChI=1S/C20H21ClFNO3/c1-13(20(25)26-3)12-23(14(2)15-8-5-4-6-9-15)19(24)18-16(21)10-7-11-17(18)22/h4-11,13-14H,12H2,1-3H3. The first-order valence-corrected chi connectivity index (χ1v) is 8.62. The molecule has 6 heteroatoms. The average Bonchev–Trinajstić information content (AvgIpc) is 2.65. The molecule has 0 fully saturated rings. The largest absolute Gasteiger partial charge is 0.469 e. The molecule has 1 amide bonds. The normalized spacial score (nSPS) is 13.0. The van der Waals surface area contributed by atoms with Crippen LogP contribution < -0.4 is 0 Å². The minimum Gasteiger partial charge on any atom is -0.469 e. The number of carbonyl (C=O) groups excluding carboxylic acids is 2. The Morgan fingerprint density at radius 1 is 1.12 bits per heavy atom. The molecule has 0 aromatic heterocycles. The van der Waals surface area contributed by atoms with Gasteiger partial charge in [0.15, 0.2) is 0 Å². The summed E-state index contributed by atoms with van der Waals surface area (Å²) in [5, 5.41) is 0.0333. The lowest BCUT2D eigenvalue weighted by atomic mass is 10.0. The molecule has 0 aliphatic rings. The van der Waals surface area contributed by atoms with E-state index in [1.807, 2.05) is 37.3 Å². The molecular formula is C20H21ClFNO3. The summed E-state index contributed by atoms with van der Waals surface area (Å²) in [7, 11) is 1.29. The lowest BCUT2D eigenvalue weighted by Crippen LogP contribution is -2.39. The summed E-state index contributed by atoms with van der Waals surface area (Å²) in [5.74, 6) is -2.28. The molecule has 26 heavy (non-hydrogen) atoms. The zero-order valence-electron chi connectivity index (χ0n) is 14.9. The van der Waals surface area contributed by atoms with Gasteiger partial charge in [0.25, 0.3) is 5.91 Å². The van der Waals surface area contributed by atoms with Gasteiger partial charge in [0.1, 0.15) is 5.82 Å². The van der Waals surface area contributed by atoms with Crippen LogP contribution in [0.3, 0.4) is 0 Å². The van der Waals surface area contributed by atoms with Crippen LogP contribution in [0.25, 0.3) is 0 Å². The average molecular weight is 378 g/mol. The van der Waals surface area contributed by atoms with E-state index in [-0.39, 0.29) is 23.2 Å². The number of ether oxygens (including phenoxy) is 1. The van der Waals surface area contributed by atoms with Crippen molar-refractivity contribution in [3.8, 4) is 0 Å². The summed E-state index contributed by atoms with van der Waals surface area (Å²) in [5.41, 5.74) is 0.666. The lowest BCUT2D eigenvalue weighted by Gasteiger charge is -2.31. The second-order valence-electron chi connectivity index (χ2n) is 6.07. The van der Waals surface area contributed by atoms with Crippen LogP contribution in [0.5, 0.6) is 0 Å². The predicted molar refractivity (Wildman–Crippen MR) is 98.5 cm³/mol. The number of rotatable bonds is 6. The minimum atomic E-state index is -0.696. The van der Waals surface area contributed by atoms with Crippen molar-refractivity contribution in [1.29, 1.82) is 0 Å². The summed E-state index contributed by atoms with van der Waals surface area (Å²) in [4.78, 5) is 26.4. The van der Waals surface area contributed by atoms with Crippen molar-refractivity contribution in [2.45, 2.75) is 19.9 Å². The third-order valence-corrected chi connectivity index (χ3v) is 4.58. The van der Waals surface area contributed by atoms with Gasteiger partial charge >= 0.3 is 5.97 Å². The second kappa shape index (κ2) is 8.81. The highest BCUT2D eigenvalue weighted by Gasteiger charge is 2.30. The van der Waals surface area contributed by atoms with Crippen molar-refractivity contribution in [1.82, 2.24) is 4.90 Å². The topological polar surface area (TPSA) is 46.6 Å². The zero-order valence-corrected chi connectivity index (χ0v) is 15.7. The Kier molecular flexibility index (Phi) is 6.75. The number of amides is 1. The van der Waals surface area contributed by atoms with Crippen LogP contribution in [0.4, 0.5) is 4.39 Å². The summed E-state index contributed by atoms with van der Waals surface area (Å²) in [6.07, 6.45) is 0. The highest BCUT2D eigenvalue weighted by Crippen LogP contribution is 2.27. The van der Waals surface area contributed by atoms with Crippen LogP contribution in [0.1, 0.15) is 35.8 Å². The van der Waals surface area contributed by atoms with E-state index in [0.717, 1.165) is 5.56 Å². The molecule has 0 aliphatic heterocycles. The van der Waals surface area contributed by atoms with E-state index in [2.05, 4.69) is 0 Å². The molecule has 138 valence electrons. The van der Waals surface area contributed by atoms with Crippen molar-refractivity contribution in [3.63, 3.8) is 0 Å². The molecule has 2 atom stereocenters. The van der Waals surface area contributed by atoms with Gasteiger partial charge in [-0.2, -0.15) is 0 Å². The summed E-state index contributed by atoms with van der Waals surface area (Å²) in [6, 6.07) is 13.0. The Balaban J connectivity index is 2.42. The number of methoxy groups -OCH3 is 1. The number of hydrogen-bond donors (Lipinski definition) is 0. The molecule has 4 nitrogen and oxygen atoms in total. The van der Waals surface area contributed by atoms with Crippen LogP contribution in [-0.2, 0) is 9.53 Å². The van der Waals surface area contributed by atoms with Crippen molar-refractivity contribution in [2.75, 3.05) is 13.7 Å². The summed E-state index contributed by atoms with van der Waals surface area (Å²) in [6.45, 7) is 3.56. The fourth-order valence-electron chi connectivity index (χ4n) is 2.74. The number of halogens is 2. The molecule has 2 aromatic carbocycles. The van der Waals surface area contributed by atoms with Gasteiger partial charge in [-0.1, -0.05) is 54.9 Å². The van der Waals surface area contributed by atoms with Gasteiger partial charge in [0, 0.05) is 6.54 Å². The van der Waals surface area contributed by atoms with Crippen molar-refractivity contribution in [3.05, 3.63) is 70.5 Å². The van der Waals surface area contributed by atoms with E-state index in [1.165, 1.54) is 30.2 Å². The summed E-state index contributed by atoms with van der Waals surface area (Å²) < 4.78 is 19.0. The molecule has 0 N–H and O–H groups in total. The number of hydrogen-bond acceptors (Lipinski definition) is 3. The predicted octanol–water partition coefficient (Wildman–Crippen LogP) is 4.49. The Morgan fingerprint density at radius 2 is 1.77 bits per heavy atom. The quantitative estimate of drug-likeness (QED) is 0.697. The maximum absolute atomic E-state index is 14.3. The Hall–Kier alpha value is -2.40. The fourth-order valence-corrected chi connectivity index (χ4v) is 2.99. The molecule has 2 rings (SSSR count). The van der Waals surface area contributed by atoms with Gasteiger partial charge in [0.2, 0.25) is 0 Å². The fraction of sp³-hybridized carbons (Fsp3) is 0.300. The van der Waals surface area contributed by atoms with Crippen molar-refractivity contribution < 1.29 is 18.7 Å². The van der Waals surface area contributed by atoms with Gasteiger partial charge in [-0.3, -0.25) is 9.59 Å². The van der Waals surface area contributed by atoms with Crippen LogP contribution in [0, 0.1) is 11.7 Å². The monoisotopic (exact) mass is 377 g/mol. The van der Waals surface area contributed by atoms with Gasteiger partial charge in [-0.05, 0) is 24.6 Å². The van der Waals surface area contributed by atoms with E-state index >= 15 is 0 Å². The number of esters is 1. The zero-order chi connectivity index (χ0) is 19.3. The smallest absolute Gasteiger partial charge is 0.310 e. The third kappa shape index (κ3) is 4.41. The highest BCUT2D eigenvalue weighted by molar-refractivity contribution is 6.33. The van der Waals surface area contributed by atoms with E-state index < -0.39 is 23.6 Å². The Morgan fingerprint density at radius 3 is 2.35 bits per heavy atom. The molecule has 0 heterocycles. The number of benzene rings is 2. The van der Waals surface area contributed by atoms with Crippen molar-refractivity contribution in [2.24, 2.45) is 5.92 Å². The molecule has 0 saturated carbocycles. The number of carbonyl (C=O) groups is 2. The molecule has 2 unspecified atom stereocenters. The molecule has 0 spiro atoms. The van der Waals surface area contributed by atoms with Crippen LogP contribution >= 0.6 is 11.6 Å². The SMILES string of the molecule is COC(=O)C(C)CN(C(=O)c1c(F)cccc1Cl)C(C)c1ccccc1. The molecule has 0 aliphatic carbocycles. The van der Waals surface area contributed by atoms with Crippen LogP contribution in [0.2, 0.25) is 5.02 Å². The van der Waals surface area contributed by atoms with Crippen LogP contribution in [-0.4, -0.2) is 30.4 Å². The van der Waals surface area contributed by atoms with Crippen LogP contribution in [0.15, 0.2) is 48.5 Å². The maximum atomic E-state index is 14.3. The minimum absolute atomic E-state index is 0.0333. The third-order valence-electron chi connectivity index (χ3n) is 4.26. The number of nitrogens with zero attached hydrogens (tertiary/aromatic N) is 1. The van der Waals surface area contributed by atoms with Gasteiger partial charge in [-0.25, -0.2) is 4.39 Å². The summed E-state index contributed by atoms with van der Waals surface area (Å²) >= 11 is 6.07. The first-order valence-electron chi connectivity index (χ1n) is 8.24. The van der Waals surface area contributed by atoms with Gasteiger partial charge < -0.3 is 9.64 Å². The van der Waals surface area contributed by atoms with E-state index in [0.29, 0.717) is 0 Å². The second-order valence-corrected chi connectivity index (χ2v) is 6.47. The molecular weight excluding hydrogens is 357 g/mol. The molecule has 0 radical (unpaired) electrons.